The first-order valence-electron chi connectivity index (χ1n) is 8.85. The molecular weight excluding hydrogens is 398 g/mol. The van der Waals surface area contributed by atoms with Crippen molar-refractivity contribution in [1.29, 1.82) is 0 Å². The third kappa shape index (κ3) is 3.83. The Labute approximate surface area is 166 Å². The number of hydrogen-bond donors (Lipinski definition) is 2. The number of nitrogens with zero attached hydrogens (tertiary/aromatic N) is 3. The molecule has 0 saturated carbocycles. The van der Waals surface area contributed by atoms with Crippen LogP contribution >= 0.6 is 11.3 Å². The molecule has 2 heterocycles. The summed E-state index contributed by atoms with van der Waals surface area (Å²) in [7, 11) is -3.45. The van der Waals surface area contributed by atoms with Gasteiger partial charge in [-0.3, -0.25) is 19.8 Å². The van der Waals surface area contributed by atoms with E-state index in [1.807, 2.05) is 25.1 Å². The summed E-state index contributed by atoms with van der Waals surface area (Å²) in [6.45, 7) is 1.98. The van der Waals surface area contributed by atoms with Gasteiger partial charge in [-0.1, -0.05) is 23.0 Å². The van der Waals surface area contributed by atoms with Crippen LogP contribution in [0.4, 0.5) is 10.3 Å². The van der Waals surface area contributed by atoms with Gasteiger partial charge in [0.25, 0.3) is 5.91 Å². The van der Waals surface area contributed by atoms with Gasteiger partial charge in [-0.25, -0.2) is 8.42 Å². The summed E-state index contributed by atoms with van der Waals surface area (Å²) in [6, 6.07) is 5.90. The molecule has 0 fully saturated rings. The van der Waals surface area contributed by atoms with Crippen LogP contribution in [0.3, 0.4) is 0 Å². The number of amides is 1. The standard InChI is InChI=1S/C18H19N5O3S2/c1-10-7-8-14-12(9-10)15(11-5-3-4-6-13(11)19-14)16(24)20-17-21-22-18(27-17)23-28(2,25)26/h7-9H,3-6H2,1-2H3,(H,22,23)(H,20,21,24). The SMILES string of the molecule is Cc1ccc2nc3c(c(C(=O)Nc4nnc(NS(C)(=O)=O)s4)c2c1)CCCC3. The molecule has 2 N–H and O–H groups in total. The van der Waals surface area contributed by atoms with E-state index in [9.17, 15) is 13.2 Å². The lowest BCUT2D eigenvalue weighted by molar-refractivity contribution is 0.102. The summed E-state index contributed by atoms with van der Waals surface area (Å²) < 4.78 is 24.9. The summed E-state index contributed by atoms with van der Waals surface area (Å²) in [4.78, 5) is 17.9. The predicted molar refractivity (Wildman–Crippen MR) is 109 cm³/mol. The maximum absolute atomic E-state index is 13.2. The quantitative estimate of drug-likeness (QED) is 0.675. The molecule has 0 radical (unpaired) electrons. The molecule has 0 aliphatic heterocycles. The number of fused-ring (bicyclic) bond motifs is 2. The van der Waals surface area contributed by atoms with E-state index in [-0.39, 0.29) is 16.2 Å². The minimum atomic E-state index is -3.45. The maximum Gasteiger partial charge on any atom is 0.258 e. The summed E-state index contributed by atoms with van der Waals surface area (Å²) in [5.41, 5.74) is 4.43. The minimum absolute atomic E-state index is 0.107. The third-order valence-electron chi connectivity index (χ3n) is 4.56. The van der Waals surface area contributed by atoms with Crippen molar-refractivity contribution in [2.45, 2.75) is 32.6 Å². The summed E-state index contributed by atoms with van der Waals surface area (Å²) >= 11 is 0.969. The summed E-state index contributed by atoms with van der Waals surface area (Å²) in [5, 5.41) is 11.6. The summed E-state index contributed by atoms with van der Waals surface area (Å²) in [6.07, 6.45) is 4.79. The first-order valence-corrected chi connectivity index (χ1v) is 11.6. The molecule has 0 spiro atoms. The molecule has 1 aliphatic carbocycles. The number of anilines is 2. The van der Waals surface area contributed by atoms with Crippen LogP contribution in [-0.2, 0) is 22.9 Å². The Morgan fingerprint density at radius 1 is 1.14 bits per heavy atom. The van der Waals surface area contributed by atoms with Crippen LogP contribution in [0.15, 0.2) is 18.2 Å². The fourth-order valence-corrected chi connectivity index (χ4v) is 4.90. The van der Waals surface area contributed by atoms with Crippen LogP contribution in [0.25, 0.3) is 10.9 Å². The van der Waals surface area contributed by atoms with Crippen molar-refractivity contribution in [3.05, 3.63) is 40.6 Å². The first kappa shape index (κ1) is 18.8. The highest BCUT2D eigenvalue weighted by atomic mass is 32.2. The van der Waals surface area contributed by atoms with E-state index >= 15 is 0 Å². The molecule has 3 aromatic rings. The van der Waals surface area contributed by atoms with Gasteiger partial charge in [-0.15, -0.1) is 10.2 Å². The van der Waals surface area contributed by atoms with E-state index in [4.69, 9.17) is 4.98 Å². The molecule has 0 unspecified atom stereocenters. The average molecular weight is 418 g/mol. The zero-order valence-corrected chi connectivity index (χ0v) is 17.1. The van der Waals surface area contributed by atoms with Gasteiger partial charge < -0.3 is 0 Å². The Kier molecular flexibility index (Phi) is 4.76. The molecule has 1 aromatic carbocycles. The molecule has 146 valence electrons. The molecule has 0 bridgehead atoms. The molecule has 4 rings (SSSR count). The maximum atomic E-state index is 13.2. The van der Waals surface area contributed by atoms with Gasteiger partial charge in [0.1, 0.15) is 0 Å². The number of sulfonamides is 1. The lowest BCUT2D eigenvalue weighted by Crippen LogP contribution is -2.19. The van der Waals surface area contributed by atoms with Crippen LogP contribution in [-0.4, -0.2) is 35.8 Å². The van der Waals surface area contributed by atoms with Crippen molar-refractivity contribution in [2.24, 2.45) is 0 Å². The number of aryl methyl sites for hydroxylation is 2. The molecule has 1 amide bonds. The second-order valence-electron chi connectivity index (χ2n) is 6.88. The second-order valence-corrected chi connectivity index (χ2v) is 9.61. The molecule has 1 aliphatic rings. The van der Waals surface area contributed by atoms with E-state index in [1.54, 1.807) is 0 Å². The van der Waals surface area contributed by atoms with Crippen LogP contribution in [0, 0.1) is 6.92 Å². The number of carbonyl (C=O) groups is 1. The van der Waals surface area contributed by atoms with Crippen molar-refractivity contribution in [3.63, 3.8) is 0 Å². The topological polar surface area (TPSA) is 114 Å². The van der Waals surface area contributed by atoms with E-state index in [0.29, 0.717) is 5.56 Å². The Hall–Kier alpha value is -2.59. The van der Waals surface area contributed by atoms with E-state index in [1.165, 1.54) is 0 Å². The second kappa shape index (κ2) is 7.10. The van der Waals surface area contributed by atoms with Crippen molar-refractivity contribution in [3.8, 4) is 0 Å². The fraction of sp³-hybridized carbons (Fsp3) is 0.333. The van der Waals surface area contributed by atoms with Crippen LogP contribution in [0.2, 0.25) is 0 Å². The largest absolute Gasteiger partial charge is 0.296 e. The molecular formula is C18H19N5O3S2. The van der Waals surface area contributed by atoms with E-state index in [2.05, 4.69) is 20.2 Å². The Balaban J connectivity index is 1.73. The lowest BCUT2D eigenvalue weighted by Gasteiger charge is -2.20. The van der Waals surface area contributed by atoms with E-state index < -0.39 is 10.0 Å². The fourth-order valence-electron chi connectivity index (χ4n) is 3.43. The molecule has 8 nitrogen and oxygen atoms in total. The average Bonchev–Trinajstić information content (AvgIpc) is 3.04. The normalized spacial score (nSPS) is 13.9. The lowest BCUT2D eigenvalue weighted by atomic mass is 9.89. The van der Waals surface area contributed by atoms with Crippen molar-refractivity contribution in [2.75, 3.05) is 16.3 Å². The van der Waals surface area contributed by atoms with Gasteiger partial charge in [-0.2, -0.15) is 0 Å². The Bertz CT molecular complexity index is 1190. The van der Waals surface area contributed by atoms with Crippen molar-refractivity contribution >= 4 is 48.4 Å². The zero-order chi connectivity index (χ0) is 19.9. The Morgan fingerprint density at radius 2 is 1.89 bits per heavy atom. The first-order chi connectivity index (χ1) is 13.3. The number of aromatic nitrogens is 3. The van der Waals surface area contributed by atoms with Gasteiger partial charge in [0.15, 0.2) is 0 Å². The number of hydrogen-bond acceptors (Lipinski definition) is 7. The van der Waals surface area contributed by atoms with Gasteiger partial charge in [-0.05, 0) is 50.3 Å². The zero-order valence-electron chi connectivity index (χ0n) is 15.4. The third-order valence-corrected chi connectivity index (χ3v) is 6.01. The number of carbonyl (C=O) groups excluding carboxylic acids is 1. The number of rotatable bonds is 4. The van der Waals surface area contributed by atoms with Crippen LogP contribution in [0.5, 0.6) is 0 Å². The van der Waals surface area contributed by atoms with Crippen molar-refractivity contribution < 1.29 is 13.2 Å². The van der Waals surface area contributed by atoms with Gasteiger partial charge in [0, 0.05) is 11.1 Å². The highest BCUT2D eigenvalue weighted by Crippen LogP contribution is 2.31. The molecule has 0 atom stereocenters. The van der Waals surface area contributed by atoms with Gasteiger partial charge >= 0.3 is 0 Å². The summed E-state index contributed by atoms with van der Waals surface area (Å²) in [5.74, 6) is -0.279. The molecule has 0 saturated heterocycles. The van der Waals surface area contributed by atoms with Crippen LogP contribution in [0.1, 0.15) is 40.0 Å². The van der Waals surface area contributed by atoms with Crippen LogP contribution < -0.4 is 10.0 Å². The molecule has 2 aromatic heterocycles. The highest BCUT2D eigenvalue weighted by Gasteiger charge is 2.23. The Morgan fingerprint density at radius 3 is 2.68 bits per heavy atom. The number of benzene rings is 1. The van der Waals surface area contributed by atoms with E-state index in [0.717, 1.165) is 71.0 Å². The van der Waals surface area contributed by atoms with Gasteiger partial charge in [0.05, 0.1) is 17.3 Å². The van der Waals surface area contributed by atoms with Crippen molar-refractivity contribution in [1.82, 2.24) is 15.2 Å². The predicted octanol–water partition coefficient (Wildman–Crippen LogP) is 2.90. The number of pyridine rings is 1. The molecule has 10 heteroatoms. The minimum Gasteiger partial charge on any atom is -0.296 e. The smallest absolute Gasteiger partial charge is 0.258 e. The monoisotopic (exact) mass is 417 g/mol. The number of nitrogens with one attached hydrogen (secondary N) is 2. The van der Waals surface area contributed by atoms with Gasteiger partial charge in [0.2, 0.25) is 20.3 Å². The molecule has 28 heavy (non-hydrogen) atoms. The highest BCUT2D eigenvalue weighted by molar-refractivity contribution is 7.92.